The number of hydrogen-bond acceptors (Lipinski definition) is 6. The van der Waals surface area contributed by atoms with Gasteiger partial charge in [0.25, 0.3) is 5.91 Å². The third-order valence-corrected chi connectivity index (χ3v) is 4.90. The first-order chi connectivity index (χ1) is 12.5. The van der Waals surface area contributed by atoms with Crippen LogP contribution in [0.25, 0.3) is 0 Å². The highest BCUT2D eigenvalue weighted by Gasteiger charge is 2.25. The van der Waals surface area contributed by atoms with E-state index in [-0.39, 0.29) is 21.9 Å². The van der Waals surface area contributed by atoms with Crippen LogP contribution in [0.15, 0.2) is 54.6 Å². The lowest BCUT2D eigenvalue weighted by atomic mass is 10.1. The fourth-order valence-corrected chi connectivity index (χ4v) is 3.58. The van der Waals surface area contributed by atoms with E-state index in [9.17, 15) is 9.59 Å². The van der Waals surface area contributed by atoms with Crippen molar-refractivity contribution >= 4 is 39.4 Å². The van der Waals surface area contributed by atoms with Crippen molar-refractivity contribution in [3.8, 4) is 5.75 Å². The summed E-state index contributed by atoms with van der Waals surface area (Å²) in [4.78, 5) is 25.0. The van der Waals surface area contributed by atoms with E-state index in [1.165, 1.54) is 0 Å². The largest absolute Gasteiger partial charge is 0.497 e. The second-order valence-electron chi connectivity index (χ2n) is 5.46. The molecule has 1 heterocycles. The highest BCUT2D eigenvalue weighted by molar-refractivity contribution is 7.19. The quantitative estimate of drug-likeness (QED) is 0.579. The summed E-state index contributed by atoms with van der Waals surface area (Å²) in [5, 5.41) is 3.55. The molecular formula is C19H17N3O3S. The lowest BCUT2D eigenvalue weighted by Crippen LogP contribution is -2.14. The van der Waals surface area contributed by atoms with Crippen LogP contribution in [-0.4, -0.2) is 18.8 Å². The van der Waals surface area contributed by atoms with E-state index in [1.54, 1.807) is 31.4 Å². The van der Waals surface area contributed by atoms with E-state index in [0.29, 0.717) is 16.3 Å². The van der Waals surface area contributed by atoms with E-state index in [4.69, 9.17) is 16.2 Å². The molecule has 0 aliphatic heterocycles. The van der Waals surface area contributed by atoms with Crippen molar-refractivity contribution in [2.45, 2.75) is 0 Å². The molecule has 2 aromatic carbocycles. The van der Waals surface area contributed by atoms with Crippen molar-refractivity contribution in [3.05, 3.63) is 70.6 Å². The molecule has 0 radical (unpaired) electrons. The molecule has 0 aliphatic rings. The Morgan fingerprint density at radius 1 is 1.04 bits per heavy atom. The molecule has 0 unspecified atom stereocenters. The SMILES string of the molecule is COc1ccc(C(=O)c2sc(Nc3ccccc3)c(C(N)=O)c2N)cc1. The number of rotatable bonds is 6. The van der Waals surface area contributed by atoms with E-state index in [0.717, 1.165) is 17.0 Å². The van der Waals surface area contributed by atoms with Gasteiger partial charge in [-0.3, -0.25) is 9.59 Å². The van der Waals surface area contributed by atoms with Crippen LogP contribution < -0.4 is 21.5 Å². The monoisotopic (exact) mass is 367 g/mol. The maximum atomic E-state index is 12.8. The number of ether oxygens (including phenoxy) is 1. The summed E-state index contributed by atoms with van der Waals surface area (Å²) in [7, 11) is 1.55. The van der Waals surface area contributed by atoms with Crippen LogP contribution in [0.5, 0.6) is 5.75 Å². The van der Waals surface area contributed by atoms with Crippen molar-refractivity contribution in [2.75, 3.05) is 18.2 Å². The first kappa shape index (κ1) is 17.5. The molecule has 0 atom stereocenters. The van der Waals surface area contributed by atoms with Crippen LogP contribution in [0.1, 0.15) is 25.6 Å². The van der Waals surface area contributed by atoms with Gasteiger partial charge in [-0.2, -0.15) is 0 Å². The average Bonchev–Trinajstić information content (AvgIpc) is 2.98. The minimum Gasteiger partial charge on any atom is -0.497 e. The van der Waals surface area contributed by atoms with E-state index < -0.39 is 5.91 Å². The highest BCUT2D eigenvalue weighted by atomic mass is 32.1. The standard InChI is InChI=1S/C19H17N3O3S/c1-25-13-9-7-11(8-10-13)16(23)17-15(20)14(18(21)24)19(26-17)22-12-5-3-2-4-6-12/h2-10,22H,20H2,1H3,(H2,21,24). The van der Waals surface area contributed by atoms with Crippen molar-refractivity contribution in [3.63, 3.8) is 0 Å². The summed E-state index contributed by atoms with van der Waals surface area (Å²) in [6.07, 6.45) is 0. The third-order valence-electron chi connectivity index (χ3n) is 3.78. The molecule has 0 spiro atoms. The van der Waals surface area contributed by atoms with E-state index >= 15 is 0 Å². The van der Waals surface area contributed by atoms with Gasteiger partial charge < -0.3 is 21.5 Å². The number of nitrogen functional groups attached to an aromatic ring is 1. The Labute approximate surface area is 154 Å². The summed E-state index contributed by atoms with van der Waals surface area (Å²) < 4.78 is 5.09. The van der Waals surface area contributed by atoms with Crippen LogP contribution >= 0.6 is 11.3 Å². The third kappa shape index (κ3) is 3.38. The predicted octanol–water partition coefficient (Wildman–Crippen LogP) is 3.41. The first-order valence-corrected chi connectivity index (χ1v) is 8.55. The lowest BCUT2D eigenvalue weighted by molar-refractivity contribution is 0.100. The number of ketones is 1. The topological polar surface area (TPSA) is 107 Å². The predicted molar refractivity (Wildman–Crippen MR) is 103 cm³/mol. The number of thiophene rings is 1. The number of hydrogen-bond donors (Lipinski definition) is 3. The smallest absolute Gasteiger partial charge is 0.253 e. The van der Waals surface area contributed by atoms with Gasteiger partial charge >= 0.3 is 0 Å². The number of nitrogens with one attached hydrogen (secondary N) is 1. The molecule has 7 heteroatoms. The molecule has 5 N–H and O–H groups in total. The Bertz CT molecular complexity index is 950. The van der Waals surface area contributed by atoms with Gasteiger partial charge in [-0.25, -0.2) is 0 Å². The Morgan fingerprint density at radius 3 is 2.27 bits per heavy atom. The van der Waals surface area contributed by atoms with Gasteiger partial charge in [0.2, 0.25) is 5.78 Å². The molecule has 0 bridgehead atoms. The summed E-state index contributed by atoms with van der Waals surface area (Å²) >= 11 is 1.10. The van der Waals surface area contributed by atoms with Gasteiger partial charge in [0, 0.05) is 11.3 Å². The Morgan fingerprint density at radius 2 is 1.69 bits per heavy atom. The number of benzene rings is 2. The fraction of sp³-hybridized carbons (Fsp3) is 0.0526. The normalized spacial score (nSPS) is 10.3. The molecule has 3 aromatic rings. The zero-order valence-corrected chi connectivity index (χ0v) is 14.8. The zero-order valence-electron chi connectivity index (χ0n) is 14.0. The first-order valence-electron chi connectivity index (χ1n) is 7.74. The van der Waals surface area contributed by atoms with Gasteiger partial charge in [-0.15, -0.1) is 11.3 Å². The highest BCUT2D eigenvalue weighted by Crippen LogP contribution is 2.38. The summed E-state index contributed by atoms with van der Waals surface area (Å²) in [5.74, 6) is -0.324. The number of amides is 1. The molecule has 0 aliphatic carbocycles. The van der Waals surface area contributed by atoms with Gasteiger partial charge in [0.15, 0.2) is 0 Å². The summed E-state index contributed by atoms with van der Waals surface area (Å²) in [6.45, 7) is 0. The zero-order chi connectivity index (χ0) is 18.7. The van der Waals surface area contributed by atoms with Crippen molar-refractivity contribution < 1.29 is 14.3 Å². The number of nitrogens with two attached hydrogens (primary N) is 2. The van der Waals surface area contributed by atoms with Gasteiger partial charge in [-0.1, -0.05) is 18.2 Å². The molecular weight excluding hydrogens is 350 g/mol. The van der Waals surface area contributed by atoms with Crippen LogP contribution in [-0.2, 0) is 0 Å². The maximum absolute atomic E-state index is 12.8. The number of primary amides is 1. The fourth-order valence-electron chi connectivity index (χ4n) is 2.47. The van der Waals surface area contributed by atoms with E-state index in [2.05, 4.69) is 5.32 Å². The lowest BCUT2D eigenvalue weighted by Gasteiger charge is -2.05. The van der Waals surface area contributed by atoms with Gasteiger partial charge in [0.05, 0.1) is 18.4 Å². The molecule has 1 aromatic heterocycles. The van der Waals surface area contributed by atoms with Crippen molar-refractivity contribution in [2.24, 2.45) is 5.73 Å². The minimum absolute atomic E-state index is 0.0850. The molecule has 0 saturated heterocycles. The summed E-state index contributed by atoms with van der Waals surface area (Å²) in [6, 6.07) is 15.9. The van der Waals surface area contributed by atoms with Crippen LogP contribution in [0.3, 0.4) is 0 Å². The number of carbonyl (C=O) groups is 2. The molecule has 132 valence electrons. The second kappa shape index (κ2) is 7.28. The van der Waals surface area contributed by atoms with Crippen molar-refractivity contribution in [1.82, 2.24) is 0 Å². The Kier molecular flexibility index (Phi) is 4.90. The Balaban J connectivity index is 2.00. The average molecular weight is 367 g/mol. The molecule has 26 heavy (non-hydrogen) atoms. The maximum Gasteiger partial charge on any atom is 0.253 e. The molecule has 1 amide bonds. The molecule has 3 rings (SSSR count). The van der Waals surface area contributed by atoms with Crippen LogP contribution in [0, 0.1) is 0 Å². The second-order valence-corrected chi connectivity index (χ2v) is 6.48. The minimum atomic E-state index is -0.689. The summed E-state index contributed by atoms with van der Waals surface area (Å²) in [5.41, 5.74) is 13.0. The Hall–Kier alpha value is -3.32. The molecule has 0 saturated carbocycles. The van der Waals surface area contributed by atoms with Crippen LogP contribution in [0.4, 0.5) is 16.4 Å². The van der Waals surface area contributed by atoms with E-state index in [1.807, 2.05) is 30.3 Å². The molecule has 6 nitrogen and oxygen atoms in total. The van der Waals surface area contributed by atoms with Gasteiger partial charge in [0.1, 0.15) is 15.6 Å². The van der Waals surface area contributed by atoms with Crippen LogP contribution in [0.2, 0.25) is 0 Å². The number of methoxy groups -OCH3 is 1. The van der Waals surface area contributed by atoms with Crippen molar-refractivity contribution in [1.29, 1.82) is 0 Å². The molecule has 0 fully saturated rings. The number of carbonyl (C=O) groups excluding carboxylic acids is 2. The number of anilines is 3. The number of para-hydroxylation sites is 1. The van der Waals surface area contributed by atoms with Gasteiger partial charge in [-0.05, 0) is 36.4 Å².